The number of fused-ring (bicyclic) bond motifs is 2. The van der Waals surface area contributed by atoms with Crippen molar-refractivity contribution in [2.24, 2.45) is 0 Å². The van der Waals surface area contributed by atoms with Crippen molar-refractivity contribution in [2.45, 2.75) is 6.54 Å². The van der Waals surface area contributed by atoms with Gasteiger partial charge in [0.05, 0.1) is 36.1 Å². The summed E-state index contributed by atoms with van der Waals surface area (Å²) < 4.78 is 11.7. The fraction of sp³-hybridized carbons (Fsp3) is 0.136. The zero-order chi connectivity index (χ0) is 21.2. The van der Waals surface area contributed by atoms with Crippen LogP contribution in [0.3, 0.4) is 0 Å². The second kappa shape index (κ2) is 8.11. The summed E-state index contributed by atoms with van der Waals surface area (Å²) in [5, 5.41) is 16.8. The lowest BCUT2D eigenvalue weighted by Gasteiger charge is -2.12. The van der Waals surface area contributed by atoms with Gasteiger partial charge in [-0.1, -0.05) is 6.07 Å². The molecule has 0 aliphatic rings. The topological polar surface area (TPSA) is 97.0 Å². The van der Waals surface area contributed by atoms with Crippen molar-refractivity contribution in [3.8, 4) is 11.5 Å². The summed E-state index contributed by atoms with van der Waals surface area (Å²) in [4.78, 5) is 9.37. The van der Waals surface area contributed by atoms with Crippen LogP contribution >= 0.6 is 11.3 Å². The molecular weight excluding hydrogens is 412 g/mol. The molecule has 31 heavy (non-hydrogen) atoms. The van der Waals surface area contributed by atoms with Crippen LogP contribution in [0.25, 0.3) is 21.1 Å². The van der Waals surface area contributed by atoms with E-state index in [1.54, 1.807) is 31.8 Å². The van der Waals surface area contributed by atoms with E-state index in [2.05, 4.69) is 25.8 Å². The number of benzene rings is 2. The van der Waals surface area contributed by atoms with Gasteiger partial charge in [-0.05, 0) is 47.3 Å². The fourth-order valence-corrected chi connectivity index (χ4v) is 4.13. The number of anilines is 3. The van der Waals surface area contributed by atoms with Crippen LogP contribution in [0.4, 0.5) is 17.5 Å². The van der Waals surface area contributed by atoms with Crippen molar-refractivity contribution in [2.75, 3.05) is 24.9 Å². The highest BCUT2D eigenvalue weighted by atomic mass is 32.1. The Morgan fingerprint density at radius 2 is 1.90 bits per heavy atom. The molecule has 8 nitrogen and oxygen atoms in total. The van der Waals surface area contributed by atoms with E-state index in [9.17, 15) is 0 Å². The van der Waals surface area contributed by atoms with E-state index >= 15 is 0 Å². The van der Waals surface area contributed by atoms with Gasteiger partial charge in [0, 0.05) is 17.6 Å². The molecule has 5 aromatic rings. The molecule has 0 amide bonds. The molecule has 156 valence electrons. The highest BCUT2D eigenvalue weighted by molar-refractivity contribution is 7.17. The molecule has 5 rings (SSSR count). The molecule has 3 aromatic heterocycles. The maximum Gasteiger partial charge on any atom is 0.225 e. The van der Waals surface area contributed by atoms with Crippen molar-refractivity contribution < 1.29 is 9.47 Å². The smallest absolute Gasteiger partial charge is 0.225 e. The van der Waals surface area contributed by atoms with Crippen LogP contribution in [0.1, 0.15) is 5.56 Å². The van der Waals surface area contributed by atoms with Crippen molar-refractivity contribution >= 4 is 49.9 Å². The molecule has 9 heteroatoms. The standard InChI is InChI=1S/C22H20N6O2S/c1-29-18-6-3-13(9-19(18)30-2)11-23-22-26-17-7-8-31-20(17)21(27-22)25-15-4-5-16-14(10-15)12-24-28-16/h3-10,12H,11H2,1-2H3,(H,24,28)(H2,23,25,26,27). The Kier molecular flexibility index (Phi) is 5.01. The van der Waals surface area contributed by atoms with Gasteiger partial charge in [-0.25, -0.2) is 4.98 Å². The molecule has 0 aliphatic carbocycles. The zero-order valence-corrected chi connectivity index (χ0v) is 17.8. The van der Waals surface area contributed by atoms with Crippen LogP contribution in [0, 0.1) is 0 Å². The van der Waals surface area contributed by atoms with Gasteiger partial charge in [0.25, 0.3) is 0 Å². The number of hydrogen-bond acceptors (Lipinski definition) is 8. The minimum atomic E-state index is 0.549. The minimum Gasteiger partial charge on any atom is -0.493 e. The molecule has 0 bridgehead atoms. The van der Waals surface area contributed by atoms with E-state index in [0.29, 0.717) is 24.0 Å². The van der Waals surface area contributed by atoms with Crippen LogP contribution in [0.15, 0.2) is 54.0 Å². The number of thiophene rings is 1. The van der Waals surface area contributed by atoms with Gasteiger partial charge in [0.1, 0.15) is 0 Å². The largest absolute Gasteiger partial charge is 0.493 e. The third-order valence-electron chi connectivity index (χ3n) is 4.91. The van der Waals surface area contributed by atoms with Crippen molar-refractivity contribution in [1.29, 1.82) is 0 Å². The zero-order valence-electron chi connectivity index (χ0n) is 17.0. The Labute approximate surface area is 182 Å². The Balaban J connectivity index is 1.41. The highest BCUT2D eigenvalue weighted by Crippen LogP contribution is 2.31. The van der Waals surface area contributed by atoms with E-state index in [1.165, 1.54) is 0 Å². The molecule has 2 aromatic carbocycles. The molecular formula is C22H20N6O2S. The average molecular weight is 433 g/mol. The number of nitrogens with zero attached hydrogens (tertiary/aromatic N) is 3. The van der Waals surface area contributed by atoms with Gasteiger partial charge < -0.3 is 20.1 Å². The maximum atomic E-state index is 5.39. The van der Waals surface area contributed by atoms with Gasteiger partial charge >= 0.3 is 0 Å². The molecule has 0 atom stereocenters. The number of ether oxygens (including phenoxy) is 2. The second-order valence-corrected chi connectivity index (χ2v) is 7.79. The number of nitrogens with one attached hydrogen (secondary N) is 3. The second-order valence-electron chi connectivity index (χ2n) is 6.87. The summed E-state index contributed by atoms with van der Waals surface area (Å²) in [6.07, 6.45) is 1.80. The predicted octanol–water partition coefficient (Wildman–Crippen LogP) is 4.94. The third kappa shape index (κ3) is 3.82. The van der Waals surface area contributed by atoms with Gasteiger partial charge in [0.2, 0.25) is 5.95 Å². The van der Waals surface area contributed by atoms with Crippen LogP contribution < -0.4 is 20.1 Å². The number of methoxy groups -OCH3 is 2. The van der Waals surface area contributed by atoms with E-state index in [4.69, 9.17) is 14.5 Å². The number of aromatic nitrogens is 4. The lowest BCUT2D eigenvalue weighted by molar-refractivity contribution is 0.354. The van der Waals surface area contributed by atoms with E-state index in [-0.39, 0.29) is 0 Å². The Morgan fingerprint density at radius 3 is 2.77 bits per heavy atom. The lowest BCUT2D eigenvalue weighted by Crippen LogP contribution is -2.06. The van der Waals surface area contributed by atoms with Gasteiger partial charge in [-0.15, -0.1) is 11.3 Å². The first-order valence-electron chi connectivity index (χ1n) is 9.63. The number of rotatable bonds is 7. The normalized spacial score (nSPS) is 11.0. The average Bonchev–Trinajstić information content (AvgIpc) is 3.46. The predicted molar refractivity (Wildman–Crippen MR) is 124 cm³/mol. The third-order valence-corrected chi connectivity index (χ3v) is 5.82. The molecule has 0 radical (unpaired) electrons. The highest BCUT2D eigenvalue weighted by Gasteiger charge is 2.11. The summed E-state index contributed by atoms with van der Waals surface area (Å²) in [5.41, 5.74) is 3.85. The summed E-state index contributed by atoms with van der Waals surface area (Å²) in [6.45, 7) is 0.552. The first-order chi connectivity index (χ1) is 15.2. The first kappa shape index (κ1) is 19.1. The monoisotopic (exact) mass is 432 g/mol. The van der Waals surface area contributed by atoms with E-state index < -0.39 is 0 Å². The molecule has 0 spiro atoms. The van der Waals surface area contributed by atoms with Gasteiger partial charge in [-0.3, -0.25) is 5.10 Å². The molecule has 0 aliphatic heterocycles. The quantitative estimate of drug-likeness (QED) is 0.335. The lowest BCUT2D eigenvalue weighted by atomic mass is 10.2. The Hall–Kier alpha value is -3.85. The van der Waals surface area contributed by atoms with E-state index in [0.717, 1.165) is 38.2 Å². The summed E-state index contributed by atoms with van der Waals surface area (Å²) in [7, 11) is 3.25. The van der Waals surface area contributed by atoms with Crippen molar-refractivity contribution in [3.63, 3.8) is 0 Å². The van der Waals surface area contributed by atoms with Crippen molar-refractivity contribution in [3.05, 3.63) is 59.6 Å². The number of aromatic amines is 1. The van der Waals surface area contributed by atoms with E-state index in [1.807, 2.05) is 47.8 Å². The molecule has 0 saturated heterocycles. The molecule has 0 unspecified atom stereocenters. The van der Waals surface area contributed by atoms with Crippen LogP contribution in [-0.2, 0) is 6.54 Å². The first-order valence-corrected chi connectivity index (χ1v) is 10.5. The minimum absolute atomic E-state index is 0.549. The molecule has 3 N–H and O–H groups in total. The van der Waals surface area contributed by atoms with Crippen LogP contribution in [0.2, 0.25) is 0 Å². The maximum absolute atomic E-state index is 5.39. The summed E-state index contributed by atoms with van der Waals surface area (Å²) in [6, 6.07) is 13.8. The molecule has 3 heterocycles. The Bertz CT molecular complexity index is 1360. The fourth-order valence-electron chi connectivity index (χ4n) is 3.36. The molecule has 0 fully saturated rings. The summed E-state index contributed by atoms with van der Waals surface area (Å²) in [5.74, 6) is 2.70. The Morgan fingerprint density at radius 1 is 1.00 bits per heavy atom. The molecule has 0 saturated carbocycles. The van der Waals surface area contributed by atoms with Gasteiger partial charge in [-0.2, -0.15) is 10.1 Å². The van der Waals surface area contributed by atoms with Crippen molar-refractivity contribution in [1.82, 2.24) is 20.2 Å². The van der Waals surface area contributed by atoms with Gasteiger partial charge in [0.15, 0.2) is 17.3 Å². The van der Waals surface area contributed by atoms with Crippen LogP contribution in [0.5, 0.6) is 11.5 Å². The SMILES string of the molecule is COc1ccc(CNc2nc(Nc3ccc4[nH]ncc4c3)c3sccc3n2)cc1OC. The summed E-state index contributed by atoms with van der Waals surface area (Å²) >= 11 is 1.61. The number of hydrogen-bond donors (Lipinski definition) is 3. The number of H-pyrrole nitrogens is 1. The van der Waals surface area contributed by atoms with Crippen LogP contribution in [-0.4, -0.2) is 34.4 Å².